The summed E-state index contributed by atoms with van der Waals surface area (Å²) in [4.78, 5) is 0.298. The van der Waals surface area contributed by atoms with Crippen LogP contribution in [0.5, 0.6) is 5.75 Å². The largest absolute Gasteiger partial charge is 0.496 e. The van der Waals surface area contributed by atoms with Crippen molar-refractivity contribution in [2.45, 2.75) is 10.6 Å². The van der Waals surface area contributed by atoms with Crippen molar-refractivity contribution in [2.24, 2.45) is 0 Å². The van der Waals surface area contributed by atoms with Gasteiger partial charge in [0, 0.05) is 15.7 Å². The lowest BCUT2D eigenvalue weighted by atomic mass is 10.2. The van der Waals surface area contributed by atoms with Gasteiger partial charge in [0.25, 0.3) is 0 Å². The number of hydrogen-bond donors (Lipinski definition) is 1. The number of benzene rings is 2. The van der Waals surface area contributed by atoms with Gasteiger partial charge < -0.3 is 10.5 Å². The van der Waals surface area contributed by atoms with E-state index in [1.54, 1.807) is 13.2 Å². The maximum Gasteiger partial charge on any atom is 0.124 e. The van der Waals surface area contributed by atoms with Gasteiger partial charge in [-0.15, -0.1) is 0 Å². The van der Waals surface area contributed by atoms with E-state index in [4.69, 9.17) is 10.5 Å². The number of anilines is 1. The van der Waals surface area contributed by atoms with E-state index in [0.717, 1.165) is 10.0 Å². The summed E-state index contributed by atoms with van der Waals surface area (Å²) in [6, 6.07) is 9.31. The summed E-state index contributed by atoms with van der Waals surface area (Å²) in [5, 5.41) is 0. The topological polar surface area (TPSA) is 52.3 Å². The molecule has 0 bridgehead atoms. The van der Waals surface area contributed by atoms with Gasteiger partial charge in [-0.1, -0.05) is 15.9 Å². The molecule has 0 aliphatic carbocycles. The van der Waals surface area contributed by atoms with E-state index >= 15 is 0 Å². The van der Waals surface area contributed by atoms with E-state index in [1.807, 2.05) is 12.1 Å². The number of hydrogen-bond acceptors (Lipinski definition) is 3. The molecular weight excluding hydrogens is 345 g/mol. The van der Waals surface area contributed by atoms with Crippen molar-refractivity contribution in [1.82, 2.24) is 0 Å². The average Bonchev–Trinajstić information content (AvgIpc) is 2.41. The van der Waals surface area contributed by atoms with E-state index in [0.29, 0.717) is 16.3 Å². The lowest BCUT2D eigenvalue weighted by Crippen LogP contribution is -2.03. The number of methoxy groups -OCH3 is 1. The summed E-state index contributed by atoms with van der Waals surface area (Å²) in [5.74, 6) is 0.385. The Balaban J connectivity index is 2.32. The SMILES string of the molecule is COc1ccc(Br)cc1CS(=O)c1cc(F)ccc1N. The Labute approximate surface area is 127 Å². The molecule has 0 saturated heterocycles. The van der Waals surface area contributed by atoms with Crippen LogP contribution in [-0.4, -0.2) is 11.3 Å². The summed E-state index contributed by atoms with van der Waals surface area (Å²) in [6.45, 7) is 0. The molecular formula is C14H13BrFNO2S. The van der Waals surface area contributed by atoms with Crippen LogP contribution >= 0.6 is 15.9 Å². The van der Waals surface area contributed by atoms with Crippen LogP contribution < -0.4 is 10.5 Å². The number of nitrogens with two attached hydrogens (primary N) is 1. The maximum absolute atomic E-state index is 13.2. The Hall–Kier alpha value is -1.40. The van der Waals surface area contributed by atoms with E-state index < -0.39 is 16.6 Å². The summed E-state index contributed by atoms with van der Waals surface area (Å²) in [7, 11) is 0.106. The second-order valence-electron chi connectivity index (χ2n) is 4.13. The van der Waals surface area contributed by atoms with Crippen LogP contribution in [0.1, 0.15) is 5.56 Å². The summed E-state index contributed by atoms with van der Waals surface area (Å²) in [5.41, 5.74) is 6.83. The molecule has 0 aliphatic heterocycles. The van der Waals surface area contributed by atoms with Gasteiger partial charge in [0.1, 0.15) is 11.6 Å². The molecule has 0 amide bonds. The molecule has 2 N–H and O–H groups in total. The molecule has 0 saturated carbocycles. The second kappa shape index (κ2) is 6.37. The lowest BCUT2D eigenvalue weighted by molar-refractivity contribution is 0.411. The first-order valence-electron chi connectivity index (χ1n) is 5.77. The molecule has 2 aromatic carbocycles. The van der Waals surface area contributed by atoms with Gasteiger partial charge in [0.15, 0.2) is 0 Å². The smallest absolute Gasteiger partial charge is 0.124 e. The van der Waals surface area contributed by atoms with E-state index in [2.05, 4.69) is 15.9 Å². The molecule has 20 heavy (non-hydrogen) atoms. The molecule has 0 fully saturated rings. The van der Waals surface area contributed by atoms with Gasteiger partial charge in [-0.2, -0.15) is 0 Å². The van der Waals surface area contributed by atoms with Gasteiger partial charge in [0.2, 0.25) is 0 Å². The minimum absolute atomic E-state index is 0.205. The predicted molar refractivity (Wildman–Crippen MR) is 81.6 cm³/mol. The van der Waals surface area contributed by atoms with Gasteiger partial charge in [0.05, 0.1) is 28.6 Å². The molecule has 6 heteroatoms. The Morgan fingerprint density at radius 1 is 1.30 bits per heavy atom. The Kier molecular flexibility index (Phi) is 4.77. The zero-order chi connectivity index (χ0) is 14.7. The normalized spacial score (nSPS) is 12.2. The highest BCUT2D eigenvalue weighted by molar-refractivity contribution is 9.10. The molecule has 0 aliphatic rings. The van der Waals surface area contributed by atoms with Crippen molar-refractivity contribution in [3.05, 3.63) is 52.3 Å². The zero-order valence-corrected chi connectivity index (χ0v) is 13.1. The van der Waals surface area contributed by atoms with Gasteiger partial charge in [-0.3, -0.25) is 4.21 Å². The molecule has 0 aromatic heterocycles. The molecule has 0 heterocycles. The monoisotopic (exact) mass is 357 g/mol. The van der Waals surface area contributed by atoms with Crippen molar-refractivity contribution in [3.63, 3.8) is 0 Å². The van der Waals surface area contributed by atoms with Gasteiger partial charge in [-0.05, 0) is 36.4 Å². The highest BCUT2D eigenvalue weighted by Gasteiger charge is 2.13. The van der Waals surface area contributed by atoms with E-state index in [1.165, 1.54) is 18.2 Å². The minimum atomic E-state index is -1.44. The predicted octanol–water partition coefficient (Wildman–Crippen LogP) is 3.49. The van der Waals surface area contributed by atoms with Crippen LogP contribution in [0, 0.1) is 5.82 Å². The number of rotatable bonds is 4. The van der Waals surface area contributed by atoms with Gasteiger partial charge >= 0.3 is 0 Å². The Morgan fingerprint density at radius 3 is 2.75 bits per heavy atom. The molecule has 0 spiro atoms. The molecule has 106 valence electrons. The van der Waals surface area contributed by atoms with Gasteiger partial charge in [-0.25, -0.2) is 4.39 Å². The van der Waals surface area contributed by atoms with Crippen LogP contribution in [0.25, 0.3) is 0 Å². The van der Waals surface area contributed by atoms with E-state index in [9.17, 15) is 8.60 Å². The van der Waals surface area contributed by atoms with Crippen molar-refractivity contribution in [2.75, 3.05) is 12.8 Å². The third kappa shape index (κ3) is 3.37. The minimum Gasteiger partial charge on any atom is -0.496 e. The summed E-state index contributed by atoms with van der Waals surface area (Å²) in [6.07, 6.45) is 0. The fourth-order valence-electron chi connectivity index (χ4n) is 1.78. The molecule has 2 aromatic rings. The first-order chi connectivity index (χ1) is 9.51. The summed E-state index contributed by atoms with van der Waals surface area (Å²) < 4.78 is 31.7. The highest BCUT2D eigenvalue weighted by atomic mass is 79.9. The fourth-order valence-corrected chi connectivity index (χ4v) is 3.43. The third-order valence-corrected chi connectivity index (χ3v) is 4.66. The highest BCUT2D eigenvalue weighted by Crippen LogP contribution is 2.27. The molecule has 2 rings (SSSR count). The molecule has 1 unspecified atom stereocenters. The third-order valence-electron chi connectivity index (χ3n) is 2.75. The number of ether oxygens (including phenoxy) is 1. The standard InChI is InChI=1S/C14H13BrFNO2S/c1-19-13-5-2-10(15)6-9(13)8-20(18)14-7-11(16)3-4-12(14)17/h2-7H,8,17H2,1H3. The lowest BCUT2D eigenvalue weighted by Gasteiger charge is -2.10. The average molecular weight is 358 g/mol. The maximum atomic E-state index is 13.2. The van der Waals surface area contributed by atoms with Crippen molar-refractivity contribution in [1.29, 1.82) is 0 Å². The second-order valence-corrected chi connectivity index (χ2v) is 6.46. The van der Waals surface area contributed by atoms with Crippen LogP contribution in [0.3, 0.4) is 0 Å². The van der Waals surface area contributed by atoms with Crippen LogP contribution in [0.4, 0.5) is 10.1 Å². The van der Waals surface area contributed by atoms with Crippen LogP contribution in [0.2, 0.25) is 0 Å². The van der Waals surface area contributed by atoms with Crippen molar-refractivity contribution in [3.8, 4) is 5.75 Å². The molecule has 1 atom stereocenters. The first-order valence-corrected chi connectivity index (χ1v) is 7.88. The van der Waals surface area contributed by atoms with Crippen molar-refractivity contribution >= 4 is 32.4 Å². The zero-order valence-electron chi connectivity index (χ0n) is 10.7. The number of halogens is 2. The Bertz CT molecular complexity index is 664. The van der Waals surface area contributed by atoms with Crippen LogP contribution in [-0.2, 0) is 16.6 Å². The van der Waals surface area contributed by atoms with E-state index in [-0.39, 0.29) is 5.75 Å². The first kappa shape index (κ1) is 15.0. The summed E-state index contributed by atoms with van der Waals surface area (Å²) >= 11 is 3.36. The van der Waals surface area contributed by atoms with Crippen molar-refractivity contribution < 1.29 is 13.3 Å². The molecule has 3 nitrogen and oxygen atoms in total. The Morgan fingerprint density at radius 2 is 2.05 bits per heavy atom. The van der Waals surface area contributed by atoms with Crippen LogP contribution in [0.15, 0.2) is 45.8 Å². The fraction of sp³-hybridized carbons (Fsp3) is 0.143. The molecule has 0 radical (unpaired) electrons. The number of nitrogen functional groups attached to an aromatic ring is 1. The quantitative estimate of drug-likeness (QED) is 0.852.